The fourth-order valence-electron chi connectivity index (χ4n) is 2.63. The van der Waals surface area contributed by atoms with Crippen molar-refractivity contribution in [2.45, 2.75) is 13.5 Å². The number of nitrogens with zero attached hydrogens (tertiary/aromatic N) is 2. The van der Waals surface area contributed by atoms with Crippen LogP contribution in [0.1, 0.15) is 17.3 Å². The minimum absolute atomic E-state index is 0.359. The summed E-state index contributed by atoms with van der Waals surface area (Å²) in [4.78, 5) is 17.6. The maximum atomic E-state index is 12.7. The Morgan fingerprint density at radius 2 is 1.96 bits per heavy atom. The second-order valence-electron chi connectivity index (χ2n) is 5.35. The number of rotatable bonds is 4. The first-order valence-electron chi connectivity index (χ1n) is 7.78. The van der Waals surface area contributed by atoms with Crippen LogP contribution in [0.3, 0.4) is 0 Å². The van der Waals surface area contributed by atoms with E-state index < -0.39 is 5.91 Å². The highest BCUT2D eigenvalue weighted by atomic mass is 35.5. The third-order valence-electron chi connectivity index (χ3n) is 3.85. The highest BCUT2D eigenvalue weighted by molar-refractivity contribution is 7.16. The summed E-state index contributed by atoms with van der Waals surface area (Å²) >= 11 is 13.8. The Morgan fingerprint density at radius 3 is 2.62 bits per heavy atom. The summed E-state index contributed by atoms with van der Waals surface area (Å²) < 4.78 is 13.2. The van der Waals surface area contributed by atoms with Gasteiger partial charge in [0, 0.05) is 17.6 Å². The zero-order valence-electron chi connectivity index (χ0n) is 14.4. The third kappa shape index (κ3) is 3.45. The molecule has 1 heterocycles. The van der Waals surface area contributed by atoms with Crippen LogP contribution >= 0.6 is 34.5 Å². The van der Waals surface area contributed by atoms with E-state index in [0.29, 0.717) is 38.5 Å². The Morgan fingerprint density at radius 1 is 1.19 bits per heavy atom. The van der Waals surface area contributed by atoms with E-state index in [1.54, 1.807) is 31.4 Å². The van der Waals surface area contributed by atoms with E-state index >= 15 is 0 Å². The molecule has 0 aliphatic rings. The summed E-state index contributed by atoms with van der Waals surface area (Å²) in [6.07, 6.45) is 0. The number of aromatic nitrogens is 1. The van der Waals surface area contributed by atoms with Gasteiger partial charge < -0.3 is 14.0 Å². The predicted molar refractivity (Wildman–Crippen MR) is 105 cm³/mol. The molecule has 1 amide bonds. The number of hydrogen-bond acceptors (Lipinski definition) is 4. The van der Waals surface area contributed by atoms with Gasteiger partial charge in [0.2, 0.25) is 0 Å². The number of halogens is 2. The smallest absolute Gasteiger partial charge is 0.283 e. The van der Waals surface area contributed by atoms with Gasteiger partial charge in [-0.1, -0.05) is 34.5 Å². The van der Waals surface area contributed by atoms with Gasteiger partial charge in [-0.15, -0.1) is 0 Å². The highest BCUT2D eigenvalue weighted by Crippen LogP contribution is 2.30. The minimum atomic E-state index is -0.402. The van der Waals surface area contributed by atoms with Gasteiger partial charge >= 0.3 is 0 Å². The zero-order valence-corrected chi connectivity index (χ0v) is 16.7. The normalized spacial score (nSPS) is 11.8. The molecule has 0 fully saturated rings. The van der Waals surface area contributed by atoms with Gasteiger partial charge in [0.05, 0.1) is 35.0 Å². The molecule has 0 aliphatic heterocycles. The lowest BCUT2D eigenvalue weighted by Crippen LogP contribution is -2.16. The lowest BCUT2D eigenvalue weighted by atomic mass is 10.2. The van der Waals surface area contributed by atoms with Gasteiger partial charge in [-0.05, 0) is 31.2 Å². The first-order chi connectivity index (χ1) is 12.5. The molecule has 0 bridgehead atoms. The number of fused-ring (bicyclic) bond motifs is 1. The van der Waals surface area contributed by atoms with Crippen molar-refractivity contribution in [1.82, 2.24) is 4.57 Å². The van der Waals surface area contributed by atoms with Crippen LogP contribution in [-0.2, 0) is 6.54 Å². The Kier molecular flexibility index (Phi) is 5.55. The summed E-state index contributed by atoms with van der Waals surface area (Å²) in [5, 5.41) is 1.07. The number of ether oxygens (including phenoxy) is 2. The summed E-state index contributed by atoms with van der Waals surface area (Å²) in [6.45, 7) is 2.59. The van der Waals surface area contributed by atoms with Crippen molar-refractivity contribution in [3.63, 3.8) is 0 Å². The van der Waals surface area contributed by atoms with Gasteiger partial charge in [0.1, 0.15) is 11.5 Å². The van der Waals surface area contributed by atoms with Crippen LogP contribution in [0.25, 0.3) is 10.2 Å². The van der Waals surface area contributed by atoms with Crippen molar-refractivity contribution in [1.29, 1.82) is 0 Å². The fourth-order valence-corrected chi connectivity index (χ4v) is 4.50. The lowest BCUT2D eigenvalue weighted by molar-refractivity contribution is 0.0995. The van der Waals surface area contributed by atoms with Crippen LogP contribution in [-0.4, -0.2) is 24.7 Å². The minimum Gasteiger partial charge on any atom is -0.497 e. The van der Waals surface area contributed by atoms with Crippen molar-refractivity contribution >= 4 is 50.7 Å². The Hall–Kier alpha value is -2.02. The maximum Gasteiger partial charge on any atom is 0.283 e. The zero-order chi connectivity index (χ0) is 18.8. The van der Waals surface area contributed by atoms with Crippen molar-refractivity contribution < 1.29 is 14.3 Å². The van der Waals surface area contributed by atoms with E-state index in [1.807, 2.05) is 17.6 Å². The summed E-state index contributed by atoms with van der Waals surface area (Å²) in [7, 11) is 3.05. The second kappa shape index (κ2) is 7.70. The first-order valence-corrected chi connectivity index (χ1v) is 9.35. The number of thiazole rings is 1. The Labute approximate surface area is 164 Å². The van der Waals surface area contributed by atoms with E-state index in [9.17, 15) is 4.79 Å². The largest absolute Gasteiger partial charge is 0.497 e. The Balaban J connectivity index is 2.16. The average Bonchev–Trinajstić information content (AvgIpc) is 2.97. The van der Waals surface area contributed by atoms with Crippen LogP contribution in [0.4, 0.5) is 0 Å². The van der Waals surface area contributed by atoms with E-state index in [4.69, 9.17) is 32.7 Å². The van der Waals surface area contributed by atoms with E-state index in [0.717, 1.165) is 10.2 Å². The van der Waals surface area contributed by atoms with Crippen molar-refractivity contribution in [3.8, 4) is 11.5 Å². The van der Waals surface area contributed by atoms with E-state index in [-0.39, 0.29) is 0 Å². The number of aryl methyl sites for hydroxylation is 1. The van der Waals surface area contributed by atoms with Gasteiger partial charge in [-0.25, -0.2) is 0 Å². The molecule has 3 aromatic rings. The SMILES string of the molecule is CCn1c(=NC(=O)c2ccc(OC)cc2OC)sc2cc(Cl)cc(Cl)c21. The number of amides is 1. The average molecular weight is 411 g/mol. The molecule has 0 spiro atoms. The summed E-state index contributed by atoms with van der Waals surface area (Å²) in [5.74, 6) is 0.606. The van der Waals surface area contributed by atoms with Crippen molar-refractivity contribution in [3.05, 3.63) is 50.7 Å². The van der Waals surface area contributed by atoms with Crippen LogP contribution < -0.4 is 14.3 Å². The van der Waals surface area contributed by atoms with Crippen LogP contribution in [0, 0.1) is 0 Å². The topological polar surface area (TPSA) is 52.8 Å². The molecule has 0 N–H and O–H groups in total. The van der Waals surface area contributed by atoms with Crippen molar-refractivity contribution in [2.75, 3.05) is 14.2 Å². The van der Waals surface area contributed by atoms with Crippen LogP contribution in [0.5, 0.6) is 11.5 Å². The molecule has 26 heavy (non-hydrogen) atoms. The number of carbonyl (C=O) groups excluding carboxylic acids is 1. The molecule has 5 nitrogen and oxygen atoms in total. The number of carbonyl (C=O) groups is 1. The highest BCUT2D eigenvalue weighted by Gasteiger charge is 2.15. The lowest BCUT2D eigenvalue weighted by Gasteiger charge is -2.07. The molecule has 0 unspecified atom stereocenters. The number of benzene rings is 2. The second-order valence-corrected chi connectivity index (χ2v) is 7.20. The molecule has 0 atom stereocenters. The molecule has 1 aromatic heterocycles. The Bertz CT molecular complexity index is 1060. The first kappa shape index (κ1) is 18.8. The van der Waals surface area contributed by atoms with E-state index in [2.05, 4.69) is 4.99 Å². The van der Waals surface area contributed by atoms with Gasteiger partial charge in [0.25, 0.3) is 5.91 Å². The summed E-state index contributed by atoms with van der Waals surface area (Å²) in [6, 6.07) is 8.48. The quantitative estimate of drug-likeness (QED) is 0.621. The van der Waals surface area contributed by atoms with Gasteiger partial charge in [-0.3, -0.25) is 4.79 Å². The molecule has 0 saturated carbocycles. The molecule has 2 aromatic carbocycles. The maximum absolute atomic E-state index is 12.7. The molecule has 8 heteroatoms. The number of hydrogen-bond donors (Lipinski definition) is 0. The molecule has 3 rings (SSSR count). The molecule has 0 radical (unpaired) electrons. The van der Waals surface area contributed by atoms with Gasteiger partial charge in [0.15, 0.2) is 4.80 Å². The summed E-state index contributed by atoms with van der Waals surface area (Å²) in [5.41, 5.74) is 1.18. The molecule has 0 aliphatic carbocycles. The van der Waals surface area contributed by atoms with Crippen LogP contribution in [0.2, 0.25) is 10.0 Å². The van der Waals surface area contributed by atoms with Crippen LogP contribution in [0.15, 0.2) is 35.3 Å². The predicted octanol–water partition coefficient (Wildman–Crippen LogP) is 4.79. The number of methoxy groups -OCH3 is 2. The van der Waals surface area contributed by atoms with E-state index in [1.165, 1.54) is 18.4 Å². The molecular weight excluding hydrogens is 395 g/mol. The fraction of sp³-hybridized carbons (Fsp3) is 0.222. The standard InChI is InChI=1S/C18H16Cl2N2O3S/c1-4-22-16-13(20)7-10(19)8-15(16)26-18(22)21-17(23)12-6-5-11(24-2)9-14(12)25-3/h5-9H,4H2,1-3H3. The molecule has 0 saturated heterocycles. The van der Waals surface area contributed by atoms with Gasteiger partial charge in [-0.2, -0.15) is 4.99 Å². The third-order valence-corrected chi connectivity index (χ3v) is 5.38. The van der Waals surface area contributed by atoms with Crippen molar-refractivity contribution in [2.24, 2.45) is 4.99 Å². The molecular formula is C18H16Cl2N2O3S. The molecule has 136 valence electrons. The monoisotopic (exact) mass is 410 g/mol.